The standard InChI is InChI=1S/C12H25N3O/c1-3-14-12(16)8-11(9-13)15-6-4-10(2)5-7-15/h10-11H,3-9,13H2,1-2H3,(H,14,16). The maximum Gasteiger partial charge on any atom is 0.221 e. The van der Waals surface area contributed by atoms with Gasteiger partial charge >= 0.3 is 0 Å². The van der Waals surface area contributed by atoms with Crippen molar-refractivity contribution in [3.8, 4) is 0 Å². The van der Waals surface area contributed by atoms with Gasteiger partial charge in [0.2, 0.25) is 5.91 Å². The highest BCUT2D eigenvalue weighted by Crippen LogP contribution is 2.18. The molecule has 1 aliphatic rings. The Bertz CT molecular complexity index is 212. The fourth-order valence-electron chi connectivity index (χ4n) is 2.24. The average Bonchev–Trinajstić information content (AvgIpc) is 2.27. The minimum absolute atomic E-state index is 0.122. The molecule has 94 valence electrons. The Balaban J connectivity index is 2.38. The molecule has 0 saturated carbocycles. The molecule has 1 heterocycles. The third kappa shape index (κ3) is 4.10. The summed E-state index contributed by atoms with van der Waals surface area (Å²) in [6, 6.07) is 0.221. The molecule has 1 unspecified atom stereocenters. The van der Waals surface area contributed by atoms with Gasteiger partial charge in [-0.1, -0.05) is 6.92 Å². The minimum Gasteiger partial charge on any atom is -0.356 e. The molecule has 4 nitrogen and oxygen atoms in total. The van der Waals surface area contributed by atoms with Gasteiger partial charge < -0.3 is 11.1 Å². The van der Waals surface area contributed by atoms with Gasteiger partial charge in [0.15, 0.2) is 0 Å². The van der Waals surface area contributed by atoms with Crippen molar-refractivity contribution in [2.75, 3.05) is 26.2 Å². The lowest BCUT2D eigenvalue weighted by Gasteiger charge is -2.35. The van der Waals surface area contributed by atoms with Crippen molar-refractivity contribution in [1.82, 2.24) is 10.2 Å². The largest absolute Gasteiger partial charge is 0.356 e. The summed E-state index contributed by atoms with van der Waals surface area (Å²) < 4.78 is 0. The fraction of sp³-hybridized carbons (Fsp3) is 0.917. The van der Waals surface area contributed by atoms with Gasteiger partial charge in [0, 0.05) is 25.6 Å². The lowest BCUT2D eigenvalue weighted by Crippen LogP contribution is -2.47. The van der Waals surface area contributed by atoms with E-state index in [1.807, 2.05) is 6.92 Å². The second kappa shape index (κ2) is 6.86. The van der Waals surface area contributed by atoms with Crippen LogP contribution in [0.1, 0.15) is 33.1 Å². The molecule has 1 rings (SSSR count). The van der Waals surface area contributed by atoms with Crippen LogP contribution in [0.3, 0.4) is 0 Å². The van der Waals surface area contributed by atoms with Crippen LogP contribution in [0.25, 0.3) is 0 Å². The van der Waals surface area contributed by atoms with E-state index in [9.17, 15) is 4.79 Å². The zero-order valence-corrected chi connectivity index (χ0v) is 10.5. The van der Waals surface area contributed by atoms with Gasteiger partial charge in [-0.25, -0.2) is 0 Å². The summed E-state index contributed by atoms with van der Waals surface area (Å²) in [5.41, 5.74) is 5.76. The summed E-state index contributed by atoms with van der Waals surface area (Å²) in [5.74, 6) is 0.940. The van der Waals surface area contributed by atoms with Crippen LogP contribution in [0.4, 0.5) is 0 Å². The Labute approximate surface area is 98.6 Å². The first-order valence-electron chi connectivity index (χ1n) is 6.38. The van der Waals surface area contributed by atoms with Gasteiger partial charge in [-0.2, -0.15) is 0 Å². The number of piperidine rings is 1. The Hall–Kier alpha value is -0.610. The van der Waals surface area contributed by atoms with Gasteiger partial charge in [0.25, 0.3) is 0 Å². The summed E-state index contributed by atoms with van der Waals surface area (Å²) in [6.45, 7) is 7.68. The normalized spacial score (nSPS) is 20.7. The average molecular weight is 227 g/mol. The number of nitrogens with zero attached hydrogens (tertiary/aromatic N) is 1. The maximum atomic E-state index is 11.5. The number of rotatable bonds is 5. The molecule has 0 bridgehead atoms. The first-order valence-corrected chi connectivity index (χ1v) is 6.38. The van der Waals surface area contributed by atoms with Crippen LogP contribution >= 0.6 is 0 Å². The molecule has 1 atom stereocenters. The van der Waals surface area contributed by atoms with Gasteiger partial charge in [0.1, 0.15) is 0 Å². The van der Waals surface area contributed by atoms with E-state index in [-0.39, 0.29) is 11.9 Å². The van der Waals surface area contributed by atoms with E-state index in [2.05, 4.69) is 17.1 Å². The van der Waals surface area contributed by atoms with Crippen LogP contribution in [0.5, 0.6) is 0 Å². The quantitative estimate of drug-likeness (QED) is 0.722. The van der Waals surface area contributed by atoms with Crippen molar-refractivity contribution in [2.24, 2.45) is 11.7 Å². The van der Waals surface area contributed by atoms with Crippen LogP contribution in [0.15, 0.2) is 0 Å². The molecule has 0 aromatic rings. The smallest absolute Gasteiger partial charge is 0.221 e. The number of amides is 1. The monoisotopic (exact) mass is 227 g/mol. The lowest BCUT2D eigenvalue weighted by molar-refractivity contribution is -0.122. The molecule has 1 fully saturated rings. The van der Waals surface area contributed by atoms with Gasteiger partial charge in [-0.15, -0.1) is 0 Å². The summed E-state index contributed by atoms with van der Waals surface area (Å²) in [7, 11) is 0. The van der Waals surface area contributed by atoms with E-state index in [0.29, 0.717) is 19.5 Å². The highest BCUT2D eigenvalue weighted by molar-refractivity contribution is 5.76. The molecule has 0 aromatic carbocycles. The summed E-state index contributed by atoms with van der Waals surface area (Å²) >= 11 is 0. The Morgan fingerprint density at radius 1 is 1.50 bits per heavy atom. The Morgan fingerprint density at radius 2 is 2.12 bits per heavy atom. The molecule has 16 heavy (non-hydrogen) atoms. The van der Waals surface area contributed by atoms with Crippen molar-refractivity contribution >= 4 is 5.91 Å². The van der Waals surface area contributed by atoms with Crippen LogP contribution in [-0.4, -0.2) is 43.0 Å². The lowest BCUT2D eigenvalue weighted by atomic mass is 9.97. The number of carbonyl (C=O) groups is 1. The van der Waals surface area contributed by atoms with Crippen LogP contribution in [-0.2, 0) is 4.79 Å². The number of nitrogens with one attached hydrogen (secondary N) is 1. The second-order valence-corrected chi connectivity index (χ2v) is 4.77. The van der Waals surface area contributed by atoms with Crippen LogP contribution in [0, 0.1) is 5.92 Å². The highest BCUT2D eigenvalue weighted by atomic mass is 16.1. The third-order valence-electron chi connectivity index (χ3n) is 3.40. The number of hydrogen-bond acceptors (Lipinski definition) is 3. The molecule has 0 aliphatic carbocycles. The molecule has 1 saturated heterocycles. The van der Waals surface area contributed by atoms with E-state index in [4.69, 9.17) is 5.73 Å². The predicted octanol–water partition coefficient (Wildman–Crippen LogP) is 0.572. The molecule has 3 N–H and O–H groups in total. The van der Waals surface area contributed by atoms with Crippen molar-refractivity contribution in [3.63, 3.8) is 0 Å². The zero-order chi connectivity index (χ0) is 12.0. The first-order chi connectivity index (χ1) is 7.67. The van der Waals surface area contributed by atoms with E-state index < -0.39 is 0 Å². The number of hydrogen-bond donors (Lipinski definition) is 2. The van der Waals surface area contributed by atoms with Gasteiger partial charge in [0.05, 0.1) is 0 Å². The molecule has 0 radical (unpaired) electrons. The van der Waals surface area contributed by atoms with Gasteiger partial charge in [-0.3, -0.25) is 9.69 Å². The van der Waals surface area contributed by atoms with E-state index in [0.717, 1.165) is 19.0 Å². The summed E-state index contributed by atoms with van der Waals surface area (Å²) in [4.78, 5) is 13.9. The zero-order valence-electron chi connectivity index (χ0n) is 10.5. The van der Waals surface area contributed by atoms with Gasteiger partial charge in [-0.05, 0) is 38.8 Å². The first kappa shape index (κ1) is 13.5. The second-order valence-electron chi connectivity index (χ2n) is 4.77. The van der Waals surface area contributed by atoms with Crippen molar-refractivity contribution in [3.05, 3.63) is 0 Å². The van der Waals surface area contributed by atoms with E-state index >= 15 is 0 Å². The number of carbonyl (C=O) groups excluding carboxylic acids is 1. The SMILES string of the molecule is CCNC(=O)CC(CN)N1CCC(C)CC1. The molecule has 0 spiro atoms. The van der Waals surface area contributed by atoms with Crippen LogP contribution in [0.2, 0.25) is 0 Å². The Kier molecular flexibility index (Phi) is 5.77. The molecule has 4 heteroatoms. The van der Waals surface area contributed by atoms with E-state index in [1.54, 1.807) is 0 Å². The molecular weight excluding hydrogens is 202 g/mol. The van der Waals surface area contributed by atoms with Crippen molar-refractivity contribution in [2.45, 2.75) is 39.2 Å². The number of nitrogens with two attached hydrogens (primary N) is 1. The van der Waals surface area contributed by atoms with Crippen molar-refractivity contribution in [1.29, 1.82) is 0 Å². The Morgan fingerprint density at radius 3 is 2.62 bits per heavy atom. The molecule has 1 aliphatic heterocycles. The maximum absolute atomic E-state index is 11.5. The predicted molar refractivity (Wildman–Crippen MR) is 66.1 cm³/mol. The van der Waals surface area contributed by atoms with E-state index in [1.165, 1.54) is 12.8 Å². The molecular formula is C12H25N3O. The fourth-order valence-corrected chi connectivity index (χ4v) is 2.24. The molecule has 1 amide bonds. The topological polar surface area (TPSA) is 58.4 Å². The minimum atomic E-state index is 0.122. The number of likely N-dealkylation sites (tertiary alicyclic amines) is 1. The third-order valence-corrected chi connectivity index (χ3v) is 3.40. The summed E-state index contributed by atoms with van der Waals surface area (Å²) in [6.07, 6.45) is 3.00. The van der Waals surface area contributed by atoms with Crippen molar-refractivity contribution < 1.29 is 4.79 Å². The summed E-state index contributed by atoms with van der Waals surface area (Å²) in [5, 5.41) is 2.84. The highest BCUT2D eigenvalue weighted by Gasteiger charge is 2.23. The van der Waals surface area contributed by atoms with Crippen LogP contribution < -0.4 is 11.1 Å². The molecule has 0 aromatic heterocycles.